The summed E-state index contributed by atoms with van der Waals surface area (Å²) < 4.78 is 57.9. The largest absolute Gasteiger partial charge is 0.507 e. The Morgan fingerprint density at radius 2 is 1.68 bits per heavy atom. The standard InChI is InChI=1S/C25H26F3NO5/c1-24(2,3)15-4-6-16(7-5-15)33-22-20(31)17-8-9-19(30)18(14-29-10-12-32-13-11-29)21(17)34-23(22)25(26,27)28/h4-9,30H,10-14H2,1-3H3. The number of halogens is 3. The molecule has 34 heavy (non-hydrogen) atoms. The van der Waals surface area contributed by atoms with Crippen molar-refractivity contribution in [1.82, 2.24) is 4.90 Å². The normalized spacial score (nSPS) is 15.6. The fraction of sp³-hybridized carbons (Fsp3) is 0.400. The maximum Gasteiger partial charge on any atom is 0.453 e. The molecular formula is C25H26F3NO5. The Morgan fingerprint density at radius 3 is 2.26 bits per heavy atom. The molecule has 1 saturated heterocycles. The third-order valence-electron chi connectivity index (χ3n) is 5.78. The molecule has 2 heterocycles. The van der Waals surface area contributed by atoms with E-state index in [-0.39, 0.29) is 40.0 Å². The van der Waals surface area contributed by atoms with Crippen LogP contribution in [0.2, 0.25) is 0 Å². The van der Waals surface area contributed by atoms with Crippen LogP contribution in [0.25, 0.3) is 11.0 Å². The molecule has 0 unspecified atom stereocenters. The highest BCUT2D eigenvalue weighted by molar-refractivity contribution is 5.83. The first-order chi connectivity index (χ1) is 15.9. The summed E-state index contributed by atoms with van der Waals surface area (Å²) in [7, 11) is 0. The lowest BCUT2D eigenvalue weighted by atomic mass is 9.87. The maximum atomic E-state index is 14.0. The number of hydrogen-bond donors (Lipinski definition) is 1. The molecule has 0 radical (unpaired) electrons. The molecule has 2 aromatic carbocycles. The number of nitrogens with zero attached hydrogens (tertiary/aromatic N) is 1. The number of ether oxygens (including phenoxy) is 2. The van der Waals surface area contributed by atoms with Gasteiger partial charge in [0.1, 0.15) is 17.1 Å². The van der Waals surface area contributed by atoms with Crippen molar-refractivity contribution in [2.24, 2.45) is 0 Å². The quantitative estimate of drug-likeness (QED) is 0.540. The Morgan fingerprint density at radius 1 is 1.03 bits per heavy atom. The third-order valence-corrected chi connectivity index (χ3v) is 5.78. The van der Waals surface area contributed by atoms with Crippen LogP contribution in [0.15, 0.2) is 45.6 Å². The fourth-order valence-electron chi connectivity index (χ4n) is 3.84. The summed E-state index contributed by atoms with van der Waals surface area (Å²) in [4.78, 5) is 15.1. The van der Waals surface area contributed by atoms with E-state index < -0.39 is 23.1 Å². The SMILES string of the molecule is CC(C)(C)c1ccc(Oc2c(C(F)(F)F)oc3c(CN4CCOCC4)c(O)ccc3c2=O)cc1. The van der Waals surface area contributed by atoms with Crippen LogP contribution in [0.1, 0.15) is 37.7 Å². The molecule has 0 amide bonds. The van der Waals surface area contributed by atoms with E-state index in [1.807, 2.05) is 25.7 Å². The highest BCUT2D eigenvalue weighted by atomic mass is 19.4. The van der Waals surface area contributed by atoms with Crippen molar-refractivity contribution in [2.45, 2.75) is 38.9 Å². The minimum atomic E-state index is -4.99. The van der Waals surface area contributed by atoms with Gasteiger partial charge in [0.15, 0.2) is 0 Å². The van der Waals surface area contributed by atoms with Crippen LogP contribution in [-0.4, -0.2) is 36.3 Å². The Kier molecular flexibility index (Phi) is 6.35. The lowest BCUT2D eigenvalue weighted by Gasteiger charge is -2.27. The summed E-state index contributed by atoms with van der Waals surface area (Å²) in [6, 6.07) is 9.04. The number of benzene rings is 2. The minimum absolute atomic E-state index is 0.0810. The van der Waals surface area contributed by atoms with Gasteiger partial charge < -0.3 is 19.0 Å². The number of phenols is 1. The van der Waals surface area contributed by atoms with E-state index in [1.165, 1.54) is 24.3 Å². The molecule has 182 valence electrons. The molecule has 1 N–H and O–H groups in total. The predicted octanol–water partition coefficient (Wildman–Crippen LogP) is 5.44. The van der Waals surface area contributed by atoms with Crippen LogP contribution in [0, 0.1) is 0 Å². The molecule has 6 nitrogen and oxygen atoms in total. The fourth-order valence-corrected chi connectivity index (χ4v) is 3.84. The molecule has 3 aromatic rings. The molecule has 1 aliphatic heterocycles. The average Bonchev–Trinajstić information content (AvgIpc) is 2.77. The highest BCUT2D eigenvalue weighted by Crippen LogP contribution is 2.40. The van der Waals surface area contributed by atoms with Crippen LogP contribution < -0.4 is 10.2 Å². The van der Waals surface area contributed by atoms with Crippen LogP contribution >= 0.6 is 0 Å². The van der Waals surface area contributed by atoms with Crippen LogP contribution in [0.3, 0.4) is 0 Å². The minimum Gasteiger partial charge on any atom is -0.507 e. The zero-order chi connectivity index (χ0) is 24.7. The highest BCUT2D eigenvalue weighted by Gasteiger charge is 2.41. The van der Waals surface area contributed by atoms with Gasteiger partial charge in [0.2, 0.25) is 11.2 Å². The smallest absolute Gasteiger partial charge is 0.453 e. The first kappa shape index (κ1) is 24.1. The van der Waals surface area contributed by atoms with Gasteiger partial charge in [0.05, 0.1) is 24.2 Å². The van der Waals surface area contributed by atoms with E-state index in [1.54, 1.807) is 12.1 Å². The molecular weight excluding hydrogens is 451 g/mol. The van der Waals surface area contributed by atoms with E-state index in [9.17, 15) is 23.1 Å². The van der Waals surface area contributed by atoms with Gasteiger partial charge in [-0.2, -0.15) is 13.2 Å². The van der Waals surface area contributed by atoms with Gasteiger partial charge in [-0.3, -0.25) is 9.69 Å². The Labute approximate surface area is 194 Å². The van der Waals surface area contributed by atoms with Crippen molar-refractivity contribution in [3.8, 4) is 17.2 Å². The average molecular weight is 477 g/mol. The van der Waals surface area contributed by atoms with Gasteiger partial charge in [0.25, 0.3) is 5.76 Å². The maximum absolute atomic E-state index is 14.0. The zero-order valence-corrected chi connectivity index (χ0v) is 19.2. The van der Waals surface area contributed by atoms with E-state index >= 15 is 0 Å². The van der Waals surface area contributed by atoms with Crippen molar-refractivity contribution in [3.63, 3.8) is 0 Å². The predicted molar refractivity (Wildman–Crippen MR) is 120 cm³/mol. The van der Waals surface area contributed by atoms with Gasteiger partial charge in [-0.15, -0.1) is 0 Å². The molecule has 0 saturated carbocycles. The third kappa shape index (κ3) is 4.90. The van der Waals surface area contributed by atoms with Crippen molar-refractivity contribution >= 4 is 11.0 Å². The molecule has 0 bridgehead atoms. The van der Waals surface area contributed by atoms with E-state index in [0.29, 0.717) is 26.3 Å². The molecule has 1 aliphatic rings. The van der Waals surface area contributed by atoms with Crippen molar-refractivity contribution < 1.29 is 32.2 Å². The van der Waals surface area contributed by atoms with Gasteiger partial charge in [-0.25, -0.2) is 0 Å². The van der Waals surface area contributed by atoms with Crippen LogP contribution in [0.5, 0.6) is 17.2 Å². The molecule has 0 aliphatic carbocycles. The molecule has 0 atom stereocenters. The second kappa shape index (κ2) is 8.96. The van der Waals surface area contributed by atoms with Crippen LogP contribution in [-0.2, 0) is 22.9 Å². The van der Waals surface area contributed by atoms with Crippen molar-refractivity contribution in [3.05, 3.63) is 63.5 Å². The number of phenolic OH excluding ortho intramolecular Hbond substituents is 1. The number of rotatable bonds is 4. The number of alkyl halides is 3. The summed E-state index contributed by atoms with van der Waals surface area (Å²) in [5.74, 6) is -2.65. The first-order valence-electron chi connectivity index (χ1n) is 10.9. The van der Waals surface area contributed by atoms with E-state index in [4.69, 9.17) is 13.9 Å². The van der Waals surface area contributed by atoms with Gasteiger partial charge in [-0.05, 0) is 35.2 Å². The number of hydrogen-bond acceptors (Lipinski definition) is 6. The lowest BCUT2D eigenvalue weighted by molar-refractivity contribution is -0.154. The summed E-state index contributed by atoms with van der Waals surface area (Å²) in [5, 5.41) is 10.3. The molecule has 9 heteroatoms. The second-order valence-corrected chi connectivity index (χ2v) is 9.29. The second-order valence-electron chi connectivity index (χ2n) is 9.29. The Bertz CT molecular complexity index is 1240. The molecule has 1 fully saturated rings. The van der Waals surface area contributed by atoms with Gasteiger partial charge >= 0.3 is 6.18 Å². The van der Waals surface area contributed by atoms with Gasteiger partial charge in [-0.1, -0.05) is 32.9 Å². The topological polar surface area (TPSA) is 72.1 Å². The molecule has 1 aromatic heterocycles. The summed E-state index contributed by atoms with van der Waals surface area (Å²) in [6.07, 6.45) is -4.99. The Balaban J connectivity index is 1.82. The number of morpholine rings is 1. The van der Waals surface area contributed by atoms with Crippen molar-refractivity contribution in [2.75, 3.05) is 26.3 Å². The van der Waals surface area contributed by atoms with Crippen molar-refractivity contribution in [1.29, 1.82) is 0 Å². The lowest BCUT2D eigenvalue weighted by Crippen LogP contribution is -2.35. The summed E-state index contributed by atoms with van der Waals surface area (Å²) in [6.45, 7) is 8.15. The summed E-state index contributed by atoms with van der Waals surface area (Å²) in [5.41, 5.74) is -0.347. The van der Waals surface area contributed by atoms with Gasteiger partial charge in [0, 0.05) is 19.6 Å². The number of aromatic hydroxyl groups is 1. The van der Waals surface area contributed by atoms with E-state index in [0.717, 1.165) is 5.56 Å². The van der Waals surface area contributed by atoms with Crippen LogP contribution in [0.4, 0.5) is 13.2 Å². The first-order valence-corrected chi connectivity index (χ1v) is 10.9. The Hall–Kier alpha value is -3.04. The number of fused-ring (bicyclic) bond motifs is 1. The zero-order valence-electron chi connectivity index (χ0n) is 19.2. The monoisotopic (exact) mass is 477 g/mol. The molecule has 0 spiro atoms. The molecule has 4 rings (SSSR count). The summed E-state index contributed by atoms with van der Waals surface area (Å²) >= 11 is 0. The van der Waals surface area contributed by atoms with E-state index in [2.05, 4.69) is 0 Å².